The molecule has 0 unspecified atom stereocenters. The Morgan fingerprint density at radius 1 is 0.857 bits per heavy atom. The Morgan fingerprint density at radius 3 is 2.23 bits per heavy atom. The monoisotopic (exact) mass is 493 g/mol. The summed E-state index contributed by atoms with van der Waals surface area (Å²) in [6, 6.07) is 20.3. The number of anilines is 2. The summed E-state index contributed by atoms with van der Waals surface area (Å²) in [7, 11) is -3.74. The third kappa shape index (κ3) is 5.95. The molecule has 0 aromatic heterocycles. The lowest BCUT2D eigenvalue weighted by Gasteiger charge is -2.36. The second kappa shape index (κ2) is 10.4. The van der Waals surface area contributed by atoms with Crippen LogP contribution in [0.4, 0.5) is 11.4 Å². The van der Waals surface area contributed by atoms with Crippen LogP contribution in [0, 0.1) is 20.8 Å². The van der Waals surface area contributed by atoms with Crippen molar-refractivity contribution in [2.24, 2.45) is 0 Å². The van der Waals surface area contributed by atoms with Crippen LogP contribution in [0.2, 0.25) is 0 Å². The van der Waals surface area contributed by atoms with Crippen molar-refractivity contribution in [2.75, 3.05) is 42.4 Å². The maximum Gasteiger partial charge on any atom is 0.261 e. The van der Waals surface area contributed by atoms with E-state index in [1.807, 2.05) is 44.2 Å². The molecule has 0 radical (unpaired) electrons. The van der Waals surface area contributed by atoms with Crippen LogP contribution in [0.5, 0.6) is 5.75 Å². The van der Waals surface area contributed by atoms with E-state index in [4.69, 9.17) is 4.74 Å². The number of hydrogen-bond donors (Lipinski definition) is 1. The van der Waals surface area contributed by atoms with Crippen LogP contribution in [0.15, 0.2) is 71.6 Å². The summed E-state index contributed by atoms with van der Waals surface area (Å²) in [5.41, 5.74) is 4.43. The van der Waals surface area contributed by atoms with Gasteiger partial charge in [0.25, 0.3) is 15.9 Å². The number of piperazine rings is 1. The van der Waals surface area contributed by atoms with Crippen LogP contribution in [0.25, 0.3) is 0 Å². The molecule has 0 bridgehead atoms. The standard InChI is InChI=1S/C27H31N3O4S/c1-20-9-10-23(17-21(20)2)28-35(32,33)25-11-12-26(22(3)18-25)34-19-27(31)30-15-13-29(14-16-30)24-7-5-4-6-8-24/h4-12,17-18,28H,13-16,19H2,1-3H3. The number of nitrogens with one attached hydrogen (secondary N) is 1. The number of hydrogen-bond acceptors (Lipinski definition) is 5. The van der Waals surface area contributed by atoms with E-state index in [2.05, 4.69) is 21.8 Å². The molecule has 0 spiro atoms. The van der Waals surface area contributed by atoms with E-state index in [9.17, 15) is 13.2 Å². The van der Waals surface area contributed by atoms with E-state index in [1.165, 1.54) is 6.07 Å². The van der Waals surface area contributed by atoms with E-state index < -0.39 is 10.0 Å². The van der Waals surface area contributed by atoms with Gasteiger partial charge in [0.1, 0.15) is 5.75 Å². The van der Waals surface area contributed by atoms with Crippen molar-refractivity contribution in [1.82, 2.24) is 4.90 Å². The lowest BCUT2D eigenvalue weighted by atomic mass is 10.1. The molecule has 0 atom stereocenters. The third-order valence-electron chi connectivity index (χ3n) is 6.32. The second-order valence-corrected chi connectivity index (χ2v) is 10.5. The Kier molecular flexibility index (Phi) is 7.31. The summed E-state index contributed by atoms with van der Waals surface area (Å²) >= 11 is 0. The lowest BCUT2D eigenvalue weighted by Crippen LogP contribution is -2.50. The first-order valence-corrected chi connectivity index (χ1v) is 13.1. The highest BCUT2D eigenvalue weighted by Crippen LogP contribution is 2.25. The number of nitrogens with zero attached hydrogens (tertiary/aromatic N) is 2. The highest BCUT2D eigenvalue weighted by molar-refractivity contribution is 7.92. The minimum Gasteiger partial charge on any atom is -0.483 e. The SMILES string of the molecule is Cc1ccc(NS(=O)(=O)c2ccc(OCC(=O)N3CCN(c4ccccc4)CC3)c(C)c2)cc1C. The average molecular weight is 494 g/mol. The third-order valence-corrected chi connectivity index (χ3v) is 7.70. The fourth-order valence-electron chi connectivity index (χ4n) is 4.05. The number of rotatable bonds is 7. The quantitative estimate of drug-likeness (QED) is 0.535. The summed E-state index contributed by atoms with van der Waals surface area (Å²) < 4.78 is 34.1. The zero-order valence-corrected chi connectivity index (χ0v) is 21.1. The van der Waals surface area contributed by atoms with E-state index >= 15 is 0 Å². The molecule has 184 valence electrons. The molecule has 7 nitrogen and oxygen atoms in total. The Hall–Kier alpha value is -3.52. The summed E-state index contributed by atoms with van der Waals surface area (Å²) in [5, 5.41) is 0. The second-order valence-electron chi connectivity index (χ2n) is 8.82. The molecule has 3 aromatic carbocycles. The van der Waals surface area contributed by atoms with Gasteiger partial charge < -0.3 is 14.5 Å². The predicted octanol–water partition coefficient (Wildman–Crippen LogP) is 4.14. The molecule has 1 heterocycles. The number of carbonyl (C=O) groups excluding carboxylic acids is 1. The van der Waals surface area contributed by atoms with Crippen molar-refractivity contribution < 1.29 is 17.9 Å². The van der Waals surface area contributed by atoms with Crippen LogP contribution in [-0.2, 0) is 14.8 Å². The highest BCUT2D eigenvalue weighted by Gasteiger charge is 2.22. The summed E-state index contributed by atoms with van der Waals surface area (Å²) in [4.78, 5) is 16.9. The van der Waals surface area contributed by atoms with E-state index in [1.54, 1.807) is 30.0 Å². The number of aryl methyl sites for hydroxylation is 3. The smallest absolute Gasteiger partial charge is 0.261 e. The Labute approximate surface area is 207 Å². The molecular weight excluding hydrogens is 462 g/mol. The maximum absolute atomic E-state index is 12.8. The van der Waals surface area contributed by atoms with Crippen molar-refractivity contribution in [3.8, 4) is 5.75 Å². The van der Waals surface area contributed by atoms with Gasteiger partial charge in [0.2, 0.25) is 0 Å². The zero-order valence-electron chi connectivity index (χ0n) is 20.3. The first kappa shape index (κ1) is 24.6. The van der Waals surface area contributed by atoms with Gasteiger partial charge in [0, 0.05) is 37.6 Å². The fraction of sp³-hybridized carbons (Fsp3) is 0.296. The van der Waals surface area contributed by atoms with Crippen molar-refractivity contribution >= 4 is 27.3 Å². The highest BCUT2D eigenvalue weighted by atomic mass is 32.2. The van der Waals surface area contributed by atoms with Gasteiger partial charge in [0.15, 0.2) is 6.61 Å². The molecule has 0 aliphatic carbocycles. The lowest BCUT2D eigenvalue weighted by molar-refractivity contribution is -0.133. The molecule has 3 aromatic rings. The summed E-state index contributed by atoms with van der Waals surface area (Å²) in [6.45, 7) is 8.42. The molecule has 8 heteroatoms. The van der Waals surface area contributed by atoms with Crippen molar-refractivity contribution in [3.63, 3.8) is 0 Å². The molecular formula is C27H31N3O4S. The van der Waals surface area contributed by atoms with Crippen LogP contribution in [-0.4, -0.2) is 52.0 Å². The maximum atomic E-state index is 12.8. The molecule has 35 heavy (non-hydrogen) atoms. The van der Waals surface area contributed by atoms with Crippen molar-refractivity contribution in [2.45, 2.75) is 25.7 Å². The molecule has 1 saturated heterocycles. The Balaban J connectivity index is 1.33. The van der Waals surface area contributed by atoms with Gasteiger partial charge in [-0.2, -0.15) is 0 Å². The van der Waals surface area contributed by atoms with Gasteiger partial charge in [-0.3, -0.25) is 9.52 Å². The van der Waals surface area contributed by atoms with Crippen molar-refractivity contribution in [3.05, 3.63) is 83.4 Å². The molecule has 1 aliphatic rings. The predicted molar refractivity (Wildman–Crippen MR) is 139 cm³/mol. The number of para-hydroxylation sites is 1. The zero-order chi connectivity index (χ0) is 25.0. The first-order valence-electron chi connectivity index (χ1n) is 11.6. The van der Waals surface area contributed by atoms with Gasteiger partial charge >= 0.3 is 0 Å². The van der Waals surface area contributed by atoms with Gasteiger partial charge in [-0.05, 0) is 79.9 Å². The van der Waals surface area contributed by atoms with E-state index in [0.717, 1.165) is 29.9 Å². The van der Waals surface area contributed by atoms with Gasteiger partial charge in [-0.1, -0.05) is 24.3 Å². The van der Waals surface area contributed by atoms with Crippen LogP contribution >= 0.6 is 0 Å². The van der Waals surface area contributed by atoms with E-state index in [0.29, 0.717) is 30.1 Å². The van der Waals surface area contributed by atoms with Crippen LogP contribution in [0.1, 0.15) is 16.7 Å². The Bertz CT molecular complexity index is 1300. The number of carbonyl (C=O) groups is 1. The van der Waals surface area contributed by atoms with Crippen LogP contribution < -0.4 is 14.4 Å². The summed E-state index contributed by atoms with van der Waals surface area (Å²) in [5.74, 6) is 0.414. The summed E-state index contributed by atoms with van der Waals surface area (Å²) in [6.07, 6.45) is 0. The molecule has 1 amide bonds. The normalized spacial score (nSPS) is 14.0. The first-order chi connectivity index (χ1) is 16.7. The minimum absolute atomic E-state index is 0.0785. The number of benzene rings is 3. The largest absolute Gasteiger partial charge is 0.483 e. The molecule has 4 rings (SSSR count). The topological polar surface area (TPSA) is 78.9 Å². The minimum atomic E-state index is -3.74. The molecule has 1 aliphatic heterocycles. The van der Waals surface area contributed by atoms with Gasteiger partial charge in [-0.15, -0.1) is 0 Å². The number of sulfonamides is 1. The molecule has 0 saturated carbocycles. The number of amides is 1. The van der Waals surface area contributed by atoms with Gasteiger partial charge in [0.05, 0.1) is 4.90 Å². The van der Waals surface area contributed by atoms with Gasteiger partial charge in [-0.25, -0.2) is 8.42 Å². The number of ether oxygens (including phenoxy) is 1. The molecule has 1 fully saturated rings. The van der Waals surface area contributed by atoms with E-state index in [-0.39, 0.29) is 17.4 Å². The fourth-order valence-corrected chi connectivity index (χ4v) is 5.19. The average Bonchev–Trinajstić information content (AvgIpc) is 2.86. The molecule has 1 N–H and O–H groups in total. The van der Waals surface area contributed by atoms with Crippen molar-refractivity contribution in [1.29, 1.82) is 0 Å². The van der Waals surface area contributed by atoms with Crippen LogP contribution in [0.3, 0.4) is 0 Å². The Morgan fingerprint density at radius 2 is 1.57 bits per heavy atom.